The largest absolute Gasteiger partial charge is 0.367 e. The minimum Gasteiger partial charge on any atom is -0.367 e. The van der Waals surface area contributed by atoms with Crippen LogP contribution in [0.2, 0.25) is 0 Å². The Hall–Kier alpha value is -1.66. The minimum atomic E-state index is 0.305. The summed E-state index contributed by atoms with van der Waals surface area (Å²) in [7, 11) is 0. The summed E-state index contributed by atoms with van der Waals surface area (Å²) in [6.07, 6.45) is 0.970. The van der Waals surface area contributed by atoms with Crippen LogP contribution in [0.5, 0.6) is 0 Å². The summed E-state index contributed by atoms with van der Waals surface area (Å²) in [5.74, 6) is 6.55. The first-order valence-corrected chi connectivity index (χ1v) is 6.71. The van der Waals surface area contributed by atoms with Crippen molar-refractivity contribution in [2.24, 2.45) is 5.84 Å². The van der Waals surface area contributed by atoms with E-state index in [-0.39, 0.29) is 0 Å². The second-order valence-corrected chi connectivity index (χ2v) is 5.02. The molecule has 0 saturated heterocycles. The van der Waals surface area contributed by atoms with Gasteiger partial charge in [0.2, 0.25) is 5.95 Å². The van der Waals surface area contributed by atoms with E-state index < -0.39 is 0 Å². The van der Waals surface area contributed by atoms with E-state index in [0.717, 1.165) is 17.9 Å². The number of nitrogens with zero attached hydrogens (tertiary/aromatic N) is 2. The van der Waals surface area contributed by atoms with E-state index in [0.29, 0.717) is 12.0 Å². The predicted molar refractivity (Wildman–Crippen MR) is 75.7 cm³/mol. The highest BCUT2D eigenvalue weighted by atomic mass is 32.1. The lowest BCUT2D eigenvalue weighted by Gasteiger charge is -2.14. The van der Waals surface area contributed by atoms with Crippen molar-refractivity contribution in [1.29, 1.82) is 0 Å². The van der Waals surface area contributed by atoms with Gasteiger partial charge in [-0.1, -0.05) is 0 Å². The van der Waals surface area contributed by atoms with E-state index in [9.17, 15) is 0 Å². The third kappa shape index (κ3) is 3.41. The monoisotopic (exact) mass is 263 g/mol. The summed E-state index contributed by atoms with van der Waals surface area (Å²) in [5, 5.41) is 7.61. The van der Waals surface area contributed by atoms with Crippen molar-refractivity contribution in [3.63, 3.8) is 0 Å². The van der Waals surface area contributed by atoms with Gasteiger partial charge in [0.15, 0.2) is 0 Å². The maximum absolute atomic E-state index is 5.33. The second-order valence-electron chi connectivity index (χ2n) is 4.24. The van der Waals surface area contributed by atoms with Gasteiger partial charge in [-0.15, -0.1) is 0 Å². The molecule has 0 radical (unpaired) electrons. The van der Waals surface area contributed by atoms with E-state index in [1.807, 2.05) is 13.0 Å². The van der Waals surface area contributed by atoms with Crippen LogP contribution in [-0.2, 0) is 6.42 Å². The Morgan fingerprint density at radius 3 is 2.94 bits per heavy atom. The van der Waals surface area contributed by atoms with Crippen LogP contribution in [0.1, 0.15) is 18.2 Å². The average molecular weight is 263 g/mol. The molecule has 6 heteroatoms. The maximum atomic E-state index is 5.33. The number of anilines is 2. The van der Waals surface area contributed by atoms with Crippen LogP contribution in [0.15, 0.2) is 22.9 Å². The Kier molecular flexibility index (Phi) is 4.11. The first-order chi connectivity index (χ1) is 8.67. The molecular formula is C12H17N5S. The molecule has 1 atom stereocenters. The number of nitrogen functional groups attached to an aromatic ring is 1. The van der Waals surface area contributed by atoms with Gasteiger partial charge in [0.25, 0.3) is 0 Å². The Balaban J connectivity index is 2.02. The highest BCUT2D eigenvalue weighted by Gasteiger charge is 2.06. The quantitative estimate of drug-likeness (QED) is 0.569. The Morgan fingerprint density at radius 1 is 1.44 bits per heavy atom. The van der Waals surface area contributed by atoms with Crippen LogP contribution in [0.25, 0.3) is 0 Å². The van der Waals surface area contributed by atoms with Gasteiger partial charge in [-0.2, -0.15) is 16.3 Å². The fourth-order valence-electron chi connectivity index (χ4n) is 1.77. The molecule has 2 heterocycles. The molecule has 0 fully saturated rings. The summed E-state index contributed by atoms with van der Waals surface area (Å²) in [6.45, 7) is 4.04. The van der Waals surface area contributed by atoms with Gasteiger partial charge in [-0.05, 0) is 42.7 Å². The SMILES string of the molecule is Cc1cc(NC(C)Cc2ccsc2)nc(NN)n1. The summed E-state index contributed by atoms with van der Waals surface area (Å²) in [4.78, 5) is 8.42. The molecule has 1 unspecified atom stereocenters. The molecule has 0 aromatic carbocycles. The zero-order chi connectivity index (χ0) is 13.0. The molecule has 4 N–H and O–H groups in total. The highest BCUT2D eigenvalue weighted by Crippen LogP contribution is 2.13. The Morgan fingerprint density at radius 2 is 2.28 bits per heavy atom. The molecular weight excluding hydrogens is 246 g/mol. The normalized spacial score (nSPS) is 12.2. The molecule has 0 saturated carbocycles. The van der Waals surface area contributed by atoms with Gasteiger partial charge in [0.1, 0.15) is 5.82 Å². The summed E-state index contributed by atoms with van der Waals surface area (Å²) >= 11 is 1.72. The lowest BCUT2D eigenvalue weighted by atomic mass is 10.1. The van der Waals surface area contributed by atoms with Crippen molar-refractivity contribution in [2.75, 3.05) is 10.7 Å². The van der Waals surface area contributed by atoms with Crippen molar-refractivity contribution in [3.05, 3.63) is 34.2 Å². The van der Waals surface area contributed by atoms with E-state index in [4.69, 9.17) is 5.84 Å². The van der Waals surface area contributed by atoms with Crippen LogP contribution < -0.4 is 16.6 Å². The maximum Gasteiger partial charge on any atom is 0.239 e. The molecule has 0 aliphatic heterocycles. The number of rotatable bonds is 5. The number of hydrogen-bond donors (Lipinski definition) is 3. The predicted octanol–water partition coefficient (Wildman–Crippen LogP) is 2.18. The first-order valence-electron chi connectivity index (χ1n) is 5.77. The topological polar surface area (TPSA) is 75.9 Å². The molecule has 0 spiro atoms. The fraction of sp³-hybridized carbons (Fsp3) is 0.333. The van der Waals surface area contributed by atoms with Crippen LogP contribution in [-0.4, -0.2) is 16.0 Å². The van der Waals surface area contributed by atoms with Crippen LogP contribution in [0.4, 0.5) is 11.8 Å². The minimum absolute atomic E-state index is 0.305. The number of thiophene rings is 1. The van der Waals surface area contributed by atoms with E-state index in [2.05, 4.69) is 44.5 Å². The number of nitrogens with two attached hydrogens (primary N) is 1. The van der Waals surface area contributed by atoms with Crippen LogP contribution in [0.3, 0.4) is 0 Å². The summed E-state index contributed by atoms with van der Waals surface area (Å²) in [6, 6.07) is 4.35. The molecule has 2 rings (SSSR count). The molecule has 18 heavy (non-hydrogen) atoms. The fourth-order valence-corrected chi connectivity index (χ4v) is 2.45. The third-order valence-electron chi connectivity index (χ3n) is 2.50. The smallest absolute Gasteiger partial charge is 0.239 e. The van der Waals surface area contributed by atoms with Gasteiger partial charge in [-0.25, -0.2) is 10.8 Å². The molecule has 0 bridgehead atoms. The van der Waals surface area contributed by atoms with Crippen molar-refractivity contribution >= 4 is 23.1 Å². The number of hydrogen-bond acceptors (Lipinski definition) is 6. The van der Waals surface area contributed by atoms with Crippen molar-refractivity contribution in [3.8, 4) is 0 Å². The molecule has 96 valence electrons. The average Bonchev–Trinajstić information content (AvgIpc) is 2.80. The molecule has 0 aliphatic rings. The van der Waals surface area contributed by atoms with Gasteiger partial charge >= 0.3 is 0 Å². The van der Waals surface area contributed by atoms with E-state index >= 15 is 0 Å². The van der Waals surface area contributed by atoms with Gasteiger partial charge in [-0.3, -0.25) is 5.43 Å². The van der Waals surface area contributed by atoms with Crippen molar-refractivity contribution in [2.45, 2.75) is 26.3 Å². The highest BCUT2D eigenvalue weighted by molar-refractivity contribution is 7.07. The van der Waals surface area contributed by atoms with Crippen molar-refractivity contribution < 1.29 is 0 Å². The Bertz CT molecular complexity index is 497. The molecule has 5 nitrogen and oxygen atoms in total. The van der Waals surface area contributed by atoms with Crippen LogP contribution >= 0.6 is 11.3 Å². The standard InChI is InChI=1S/C12H17N5S/c1-8(5-10-3-4-18-7-10)14-11-6-9(2)15-12(16-11)17-13/h3-4,6-8H,5,13H2,1-2H3,(H2,14,15,16,17). The van der Waals surface area contributed by atoms with E-state index in [1.54, 1.807) is 11.3 Å². The zero-order valence-electron chi connectivity index (χ0n) is 10.5. The van der Waals surface area contributed by atoms with Gasteiger partial charge in [0, 0.05) is 17.8 Å². The lowest BCUT2D eigenvalue weighted by molar-refractivity contribution is 0.785. The molecule has 0 amide bonds. The number of hydrazine groups is 1. The van der Waals surface area contributed by atoms with E-state index in [1.165, 1.54) is 5.56 Å². The summed E-state index contributed by atoms with van der Waals surface area (Å²) in [5.41, 5.74) is 4.68. The first kappa shape index (κ1) is 12.8. The lowest BCUT2D eigenvalue weighted by Crippen LogP contribution is -2.20. The third-order valence-corrected chi connectivity index (χ3v) is 3.23. The van der Waals surface area contributed by atoms with Gasteiger partial charge in [0.05, 0.1) is 0 Å². The summed E-state index contributed by atoms with van der Waals surface area (Å²) < 4.78 is 0. The van der Waals surface area contributed by atoms with Crippen LogP contribution in [0, 0.1) is 6.92 Å². The van der Waals surface area contributed by atoms with Gasteiger partial charge < -0.3 is 5.32 Å². The molecule has 2 aromatic rings. The molecule has 0 aliphatic carbocycles. The number of aromatic nitrogens is 2. The van der Waals surface area contributed by atoms with Crippen molar-refractivity contribution in [1.82, 2.24) is 9.97 Å². The number of aryl methyl sites for hydroxylation is 1. The Labute approximate surface area is 110 Å². The zero-order valence-corrected chi connectivity index (χ0v) is 11.3. The second kappa shape index (κ2) is 5.79. The number of nitrogens with one attached hydrogen (secondary N) is 2. The molecule has 2 aromatic heterocycles.